The van der Waals surface area contributed by atoms with Crippen molar-refractivity contribution in [2.24, 2.45) is 0 Å². The predicted octanol–water partition coefficient (Wildman–Crippen LogP) is 2.91. The Morgan fingerprint density at radius 1 is 1.21 bits per heavy atom. The van der Waals surface area contributed by atoms with Crippen molar-refractivity contribution in [3.8, 4) is 11.5 Å². The zero-order chi connectivity index (χ0) is 13.3. The van der Waals surface area contributed by atoms with E-state index in [0.29, 0.717) is 18.6 Å². The highest BCUT2D eigenvalue weighted by Gasteiger charge is 2.44. The fraction of sp³-hybridized carbons (Fsp3) is 0.400. The summed E-state index contributed by atoms with van der Waals surface area (Å²) >= 11 is 0. The molecule has 0 amide bonds. The Morgan fingerprint density at radius 2 is 2.00 bits per heavy atom. The third kappa shape index (κ3) is 2.30. The van der Waals surface area contributed by atoms with E-state index in [4.69, 9.17) is 9.47 Å². The van der Waals surface area contributed by atoms with Crippen LogP contribution in [0.4, 0.5) is 0 Å². The van der Waals surface area contributed by atoms with E-state index in [9.17, 15) is 9.90 Å². The number of carbonyl (C=O) groups is 1. The smallest absolute Gasteiger partial charge is 0.313 e. The molecular formula is C15H16O4. The van der Waals surface area contributed by atoms with E-state index in [2.05, 4.69) is 0 Å². The topological polar surface area (TPSA) is 55.8 Å². The molecule has 100 valence electrons. The maximum Gasteiger partial charge on any atom is 0.313 e. The maximum atomic E-state index is 11.6. The molecule has 19 heavy (non-hydrogen) atoms. The lowest BCUT2D eigenvalue weighted by atomic mass is 9.86. The molecule has 4 nitrogen and oxygen atoms in total. The predicted molar refractivity (Wildman–Crippen MR) is 68.7 cm³/mol. The third-order valence-electron chi connectivity index (χ3n) is 3.60. The quantitative estimate of drug-likeness (QED) is 0.656. The summed E-state index contributed by atoms with van der Waals surface area (Å²) in [6, 6.07) is 6.48. The zero-order valence-corrected chi connectivity index (χ0v) is 10.6. The normalized spacial score (nSPS) is 26.1. The van der Waals surface area contributed by atoms with Crippen LogP contribution in [0.25, 0.3) is 0 Å². The number of fused-ring (bicyclic) bond motifs is 1. The average molecular weight is 260 g/mol. The molecule has 1 aliphatic carbocycles. The number of hydrogen-bond donors (Lipinski definition) is 1. The molecule has 1 aromatic rings. The van der Waals surface area contributed by atoms with E-state index in [1.54, 1.807) is 24.3 Å². The Labute approximate surface area is 111 Å². The molecule has 0 aromatic heterocycles. The summed E-state index contributed by atoms with van der Waals surface area (Å²) in [5, 5.41) is 9.28. The standard InChI is InChI=1S/C15H16O4/c16-12-5-7-13(8-6-12)18-15-10-2-1-3-11(15)4-9-14(17)19-15/h4-8,16H,1-3,9-10H2. The fourth-order valence-corrected chi connectivity index (χ4v) is 2.67. The van der Waals surface area contributed by atoms with E-state index in [-0.39, 0.29) is 11.7 Å². The summed E-state index contributed by atoms with van der Waals surface area (Å²) in [7, 11) is 0. The van der Waals surface area contributed by atoms with Crippen LogP contribution in [0.15, 0.2) is 35.9 Å². The monoisotopic (exact) mass is 260 g/mol. The number of benzene rings is 1. The summed E-state index contributed by atoms with van der Waals surface area (Å²) in [6.07, 6.45) is 5.94. The van der Waals surface area contributed by atoms with Gasteiger partial charge in [0.25, 0.3) is 5.79 Å². The molecule has 0 radical (unpaired) electrons. The lowest BCUT2D eigenvalue weighted by Crippen LogP contribution is -2.47. The summed E-state index contributed by atoms with van der Waals surface area (Å²) in [5.41, 5.74) is 1.06. The molecule has 1 N–H and O–H groups in total. The van der Waals surface area contributed by atoms with E-state index in [0.717, 1.165) is 24.8 Å². The number of phenols is 1. The molecule has 1 aliphatic heterocycles. The minimum absolute atomic E-state index is 0.185. The van der Waals surface area contributed by atoms with Gasteiger partial charge in [-0.25, -0.2) is 0 Å². The van der Waals surface area contributed by atoms with Gasteiger partial charge in [-0.1, -0.05) is 6.08 Å². The second-order valence-electron chi connectivity index (χ2n) is 4.96. The van der Waals surface area contributed by atoms with Crippen molar-refractivity contribution in [1.29, 1.82) is 0 Å². The number of hydrogen-bond acceptors (Lipinski definition) is 4. The van der Waals surface area contributed by atoms with Crippen LogP contribution < -0.4 is 4.74 Å². The maximum absolute atomic E-state index is 11.6. The molecule has 1 saturated carbocycles. The van der Waals surface area contributed by atoms with Crippen LogP contribution in [-0.4, -0.2) is 16.9 Å². The first-order valence-corrected chi connectivity index (χ1v) is 6.57. The van der Waals surface area contributed by atoms with Gasteiger partial charge in [0.2, 0.25) is 0 Å². The van der Waals surface area contributed by atoms with E-state index in [1.165, 1.54) is 0 Å². The Morgan fingerprint density at radius 3 is 2.79 bits per heavy atom. The van der Waals surface area contributed by atoms with Gasteiger partial charge in [0.1, 0.15) is 11.5 Å². The van der Waals surface area contributed by atoms with Crippen molar-refractivity contribution < 1.29 is 19.4 Å². The minimum Gasteiger partial charge on any atom is -0.508 e. The highest BCUT2D eigenvalue weighted by atomic mass is 16.7. The van der Waals surface area contributed by atoms with E-state index >= 15 is 0 Å². The number of aromatic hydroxyl groups is 1. The first kappa shape index (κ1) is 12.1. The Balaban J connectivity index is 1.90. The molecule has 0 saturated heterocycles. The first-order chi connectivity index (χ1) is 9.18. The largest absolute Gasteiger partial charge is 0.508 e. The van der Waals surface area contributed by atoms with Gasteiger partial charge in [0.15, 0.2) is 0 Å². The van der Waals surface area contributed by atoms with E-state index < -0.39 is 5.79 Å². The van der Waals surface area contributed by atoms with Crippen molar-refractivity contribution in [2.45, 2.75) is 37.9 Å². The van der Waals surface area contributed by atoms with Crippen LogP contribution in [0.5, 0.6) is 11.5 Å². The number of carbonyl (C=O) groups excluding carboxylic acids is 1. The number of phenolic OH excluding ortho intramolecular Hbond substituents is 1. The van der Waals surface area contributed by atoms with Crippen molar-refractivity contribution in [3.63, 3.8) is 0 Å². The SMILES string of the molecule is O=C1CC=C2CCCCC2(Oc2ccc(O)cc2)O1. The minimum atomic E-state index is -0.926. The molecule has 1 aromatic carbocycles. The van der Waals surface area contributed by atoms with Crippen LogP contribution in [-0.2, 0) is 9.53 Å². The van der Waals surface area contributed by atoms with Gasteiger partial charge >= 0.3 is 5.97 Å². The molecule has 0 spiro atoms. The fourth-order valence-electron chi connectivity index (χ4n) is 2.67. The average Bonchev–Trinajstić information content (AvgIpc) is 2.41. The zero-order valence-electron chi connectivity index (χ0n) is 10.6. The van der Waals surface area contributed by atoms with Gasteiger partial charge < -0.3 is 14.6 Å². The van der Waals surface area contributed by atoms with Crippen LogP contribution in [0.3, 0.4) is 0 Å². The molecule has 0 bridgehead atoms. The number of ether oxygens (including phenoxy) is 2. The third-order valence-corrected chi connectivity index (χ3v) is 3.60. The molecule has 1 heterocycles. The molecule has 1 unspecified atom stereocenters. The van der Waals surface area contributed by atoms with Crippen LogP contribution in [0, 0.1) is 0 Å². The van der Waals surface area contributed by atoms with Crippen LogP contribution >= 0.6 is 0 Å². The van der Waals surface area contributed by atoms with E-state index in [1.807, 2.05) is 6.08 Å². The molecule has 2 aliphatic rings. The van der Waals surface area contributed by atoms with Gasteiger partial charge in [-0.2, -0.15) is 0 Å². The van der Waals surface area contributed by atoms with Crippen molar-refractivity contribution >= 4 is 5.97 Å². The summed E-state index contributed by atoms with van der Waals surface area (Å²) in [6.45, 7) is 0. The highest BCUT2D eigenvalue weighted by molar-refractivity contribution is 5.73. The van der Waals surface area contributed by atoms with Crippen molar-refractivity contribution in [2.75, 3.05) is 0 Å². The highest BCUT2D eigenvalue weighted by Crippen LogP contribution is 2.41. The van der Waals surface area contributed by atoms with Gasteiger partial charge in [0, 0.05) is 12.0 Å². The molecule has 4 heteroatoms. The molecule has 3 rings (SSSR count). The summed E-state index contributed by atoms with van der Waals surface area (Å²) in [5.74, 6) is -0.389. The summed E-state index contributed by atoms with van der Waals surface area (Å²) < 4.78 is 11.5. The molecule has 1 atom stereocenters. The van der Waals surface area contributed by atoms with Gasteiger partial charge in [-0.05, 0) is 43.5 Å². The van der Waals surface area contributed by atoms with Gasteiger partial charge in [0.05, 0.1) is 6.42 Å². The Kier molecular flexibility index (Phi) is 2.93. The second-order valence-corrected chi connectivity index (χ2v) is 4.96. The van der Waals surface area contributed by atoms with Crippen molar-refractivity contribution in [3.05, 3.63) is 35.9 Å². The van der Waals surface area contributed by atoms with Gasteiger partial charge in [-0.3, -0.25) is 4.79 Å². The van der Waals surface area contributed by atoms with Gasteiger partial charge in [-0.15, -0.1) is 0 Å². The molecule has 1 fully saturated rings. The lowest BCUT2D eigenvalue weighted by molar-refractivity contribution is -0.193. The van der Waals surface area contributed by atoms with Crippen LogP contribution in [0.2, 0.25) is 0 Å². The number of rotatable bonds is 2. The Hall–Kier alpha value is -1.97. The second kappa shape index (κ2) is 4.61. The number of esters is 1. The van der Waals surface area contributed by atoms with Crippen LogP contribution in [0.1, 0.15) is 32.1 Å². The van der Waals surface area contributed by atoms with Crippen molar-refractivity contribution in [1.82, 2.24) is 0 Å². The molecular weight excluding hydrogens is 244 g/mol. The first-order valence-electron chi connectivity index (χ1n) is 6.57. The summed E-state index contributed by atoms with van der Waals surface area (Å²) in [4.78, 5) is 11.6. The Bertz CT molecular complexity index is 517. The lowest BCUT2D eigenvalue weighted by Gasteiger charge is -2.40.